The lowest BCUT2D eigenvalue weighted by atomic mass is 10.0. The van der Waals surface area contributed by atoms with Gasteiger partial charge in [0.25, 0.3) is 5.56 Å². The standard InChI is InChI=1S/C26H23ClN2O3S/c1-17-7-6-10-21-22(17)25(31)29(2)26(28-21)33-24(23(30)18-8-4-3-5-9-18)19-11-13-20(14-12-19)32-16-15-27/h3-14,24H,15-16H2,1-2H3. The van der Waals surface area contributed by atoms with Crippen LogP contribution in [0.1, 0.15) is 26.7 Å². The summed E-state index contributed by atoms with van der Waals surface area (Å²) in [6.45, 7) is 2.30. The fourth-order valence-electron chi connectivity index (χ4n) is 3.59. The molecule has 0 amide bonds. The number of rotatable bonds is 8. The first-order chi connectivity index (χ1) is 16.0. The second-order valence-corrected chi connectivity index (χ2v) is 9.01. The molecule has 33 heavy (non-hydrogen) atoms. The van der Waals surface area contributed by atoms with Crippen LogP contribution < -0.4 is 10.3 Å². The van der Waals surface area contributed by atoms with Crippen molar-refractivity contribution in [3.63, 3.8) is 0 Å². The Morgan fingerprint density at radius 1 is 1.06 bits per heavy atom. The van der Waals surface area contributed by atoms with Crippen molar-refractivity contribution < 1.29 is 9.53 Å². The van der Waals surface area contributed by atoms with Crippen LogP contribution >= 0.6 is 23.4 Å². The van der Waals surface area contributed by atoms with Gasteiger partial charge >= 0.3 is 0 Å². The predicted octanol–water partition coefficient (Wildman–Crippen LogP) is 5.58. The van der Waals surface area contributed by atoms with Gasteiger partial charge in [0.15, 0.2) is 10.9 Å². The van der Waals surface area contributed by atoms with Crippen LogP contribution in [0.3, 0.4) is 0 Å². The Kier molecular flexibility index (Phi) is 7.16. The highest BCUT2D eigenvalue weighted by Gasteiger charge is 2.26. The summed E-state index contributed by atoms with van der Waals surface area (Å²) in [5.41, 5.74) is 2.76. The Hall–Kier alpha value is -3.09. The van der Waals surface area contributed by atoms with Crippen LogP contribution in [0.4, 0.5) is 0 Å². The van der Waals surface area contributed by atoms with Crippen molar-refractivity contribution in [3.8, 4) is 5.75 Å². The van der Waals surface area contributed by atoms with Crippen molar-refractivity contribution in [3.05, 3.63) is 99.8 Å². The Labute approximate surface area is 201 Å². The van der Waals surface area contributed by atoms with Crippen LogP contribution in [0.5, 0.6) is 5.75 Å². The van der Waals surface area contributed by atoms with Gasteiger partial charge in [-0.25, -0.2) is 4.98 Å². The summed E-state index contributed by atoms with van der Waals surface area (Å²) < 4.78 is 7.08. The topological polar surface area (TPSA) is 61.2 Å². The van der Waals surface area contributed by atoms with Crippen molar-refractivity contribution in [2.24, 2.45) is 7.05 Å². The molecule has 4 aromatic rings. The molecule has 1 unspecified atom stereocenters. The molecular formula is C26H23ClN2O3S. The maximum atomic E-state index is 13.5. The number of Topliss-reactive ketones (excluding diaryl/α,β-unsaturated/α-hetero) is 1. The molecule has 4 rings (SSSR count). The van der Waals surface area contributed by atoms with Crippen molar-refractivity contribution >= 4 is 40.0 Å². The number of halogens is 1. The Bertz CT molecular complexity index is 1340. The Morgan fingerprint density at radius 3 is 2.48 bits per heavy atom. The third-order valence-corrected chi connectivity index (χ3v) is 6.77. The summed E-state index contributed by atoms with van der Waals surface area (Å²) in [5.74, 6) is 1.02. The maximum Gasteiger partial charge on any atom is 0.262 e. The molecule has 3 aromatic carbocycles. The quantitative estimate of drug-likeness (QED) is 0.143. The van der Waals surface area contributed by atoms with Crippen molar-refractivity contribution in [2.45, 2.75) is 17.3 Å². The summed E-state index contributed by atoms with van der Waals surface area (Å²) in [6.07, 6.45) is 0. The number of hydrogen-bond donors (Lipinski definition) is 0. The number of carbonyl (C=O) groups excluding carboxylic acids is 1. The Balaban J connectivity index is 1.76. The van der Waals surface area contributed by atoms with Gasteiger partial charge in [0.05, 0.1) is 16.8 Å². The first kappa shape index (κ1) is 23.1. The van der Waals surface area contributed by atoms with Crippen LogP contribution in [0.2, 0.25) is 0 Å². The number of hydrogen-bond acceptors (Lipinski definition) is 5. The van der Waals surface area contributed by atoms with Gasteiger partial charge in [-0.05, 0) is 36.2 Å². The van der Waals surface area contributed by atoms with Gasteiger partial charge in [-0.1, -0.05) is 66.4 Å². The molecule has 0 saturated carbocycles. The number of alkyl halides is 1. The summed E-state index contributed by atoms with van der Waals surface area (Å²) in [4.78, 5) is 31.3. The minimum Gasteiger partial charge on any atom is -0.492 e. The third kappa shape index (κ3) is 4.97. The molecule has 0 saturated heterocycles. The highest BCUT2D eigenvalue weighted by molar-refractivity contribution is 8.00. The van der Waals surface area contributed by atoms with Gasteiger partial charge in [-0.3, -0.25) is 14.2 Å². The molecule has 1 aromatic heterocycles. The molecule has 0 aliphatic heterocycles. The number of aryl methyl sites for hydroxylation is 1. The van der Waals surface area contributed by atoms with E-state index in [4.69, 9.17) is 21.3 Å². The van der Waals surface area contributed by atoms with Gasteiger partial charge in [0, 0.05) is 12.6 Å². The zero-order chi connectivity index (χ0) is 23.4. The highest BCUT2D eigenvalue weighted by atomic mass is 35.5. The number of ketones is 1. The van der Waals surface area contributed by atoms with Crippen molar-refractivity contribution in [1.82, 2.24) is 9.55 Å². The van der Waals surface area contributed by atoms with Gasteiger partial charge < -0.3 is 4.74 Å². The molecule has 1 atom stereocenters. The van der Waals surface area contributed by atoms with E-state index < -0.39 is 5.25 Å². The average Bonchev–Trinajstić information content (AvgIpc) is 2.84. The molecule has 168 valence electrons. The number of fused-ring (bicyclic) bond motifs is 1. The summed E-state index contributed by atoms with van der Waals surface area (Å²) in [7, 11) is 1.69. The van der Waals surface area contributed by atoms with E-state index in [9.17, 15) is 9.59 Å². The van der Waals surface area contributed by atoms with Crippen LogP contribution in [-0.4, -0.2) is 27.8 Å². The van der Waals surface area contributed by atoms with Crippen LogP contribution in [0, 0.1) is 6.92 Å². The molecule has 5 nitrogen and oxygen atoms in total. The number of nitrogens with zero attached hydrogens (tertiary/aromatic N) is 2. The molecule has 1 heterocycles. The minimum atomic E-state index is -0.588. The molecule has 0 radical (unpaired) electrons. The number of carbonyl (C=O) groups is 1. The maximum absolute atomic E-state index is 13.5. The molecule has 0 N–H and O–H groups in total. The van der Waals surface area contributed by atoms with Crippen molar-refractivity contribution in [1.29, 1.82) is 0 Å². The first-order valence-corrected chi connectivity index (χ1v) is 11.9. The summed E-state index contributed by atoms with van der Waals surface area (Å²) in [5, 5.41) is 0.487. The van der Waals surface area contributed by atoms with Gasteiger partial charge in [-0.2, -0.15) is 0 Å². The molecular weight excluding hydrogens is 456 g/mol. The van der Waals surface area contributed by atoms with E-state index >= 15 is 0 Å². The predicted molar refractivity (Wildman–Crippen MR) is 134 cm³/mol. The lowest BCUT2D eigenvalue weighted by molar-refractivity contribution is 0.0989. The van der Waals surface area contributed by atoms with E-state index in [-0.39, 0.29) is 11.3 Å². The third-order valence-electron chi connectivity index (χ3n) is 5.32. The second-order valence-electron chi connectivity index (χ2n) is 7.56. The molecule has 0 bridgehead atoms. The van der Waals surface area contributed by atoms with E-state index in [1.165, 1.54) is 16.3 Å². The summed E-state index contributed by atoms with van der Waals surface area (Å²) in [6, 6.07) is 22.1. The van der Waals surface area contributed by atoms with E-state index in [2.05, 4.69) is 0 Å². The highest BCUT2D eigenvalue weighted by Crippen LogP contribution is 2.37. The zero-order valence-electron chi connectivity index (χ0n) is 18.3. The average molecular weight is 479 g/mol. The fourth-order valence-corrected chi connectivity index (χ4v) is 4.81. The second kappa shape index (κ2) is 10.2. The van der Waals surface area contributed by atoms with Crippen LogP contribution in [-0.2, 0) is 7.05 Å². The monoisotopic (exact) mass is 478 g/mol. The molecule has 7 heteroatoms. The van der Waals surface area contributed by atoms with Gasteiger partial charge in [0.2, 0.25) is 0 Å². The van der Waals surface area contributed by atoms with E-state index in [0.29, 0.717) is 39.9 Å². The first-order valence-electron chi connectivity index (χ1n) is 10.5. The van der Waals surface area contributed by atoms with Crippen LogP contribution in [0.25, 0.3) is 10.9 Å². The zero-order valence-corrected chi connectivity index (χ0v) is 19.9. The van der Waals surface area contributed by atoms with E-state index in [1.54, 1.807) is 19.2 Å². The molecule has 0 aliphatic rings. The number of aromatic nitrogens is 2. The largest absolute Gasteiger partial charge is 0.492 e. The lowest BCUT2D eigenvalue weighted by Crippen LogP contribution is -2.22. The van der Waals surface area contributed by atoms with E-state index in [0.717, 1.165) is 11.1 Å². The summed E-state index contributed by atoms with van der Waals surface area (Å²) >= 11 is 6.97. The lowest BCUT2D eigenvalue weighted by Gasteiger charge is -2.18. The smallest absolute Gasteiger partial charge is 0.262 e. The number of ether oxygens (including phenoxy) is 1. The normalized spacial score (nSPS) is 12.0. The molecule has 0 spiro atoms. The molecule has 0 aliphatic carbocycles. The van der Waals surface area contributed by atoms with Gasteiger partial charge in [0.1, 0.15) is 17.6 Å². The SMILES string of the molecule is Cc1cccc2nc(SC(C(=O)c3ccccc3)c3ccc(OCCCl)cc3)n(C)c(=O)c12. The fraction of sp³-hybridized carbons (Fsp3) is 0.192. The minimum absolute atomic E-state index is 0.0615. The number of benzene rings is 3. The Morgan fingerprint density at radius 2 is 1.79 bits per heavy atom. The van der Waals surface area contributed by atoms with E-state index in [1.807, 2.05) is 67.6 Å². The van der Waals surface area contributed by atoms with Crippen molar-refractivity contribution in [2.75, 3.05) is 12.5 Å². The number of thioether (sulfide) groups is 1. The van der Waals surface area contributed by atoms with Gasteiger partial charge in [-0.15, -0.1) is 11.6 Å². The molecule has 0 fully saturated rings. The van der Waals surface area contributed by atoms with Crippen LogP contribution in [0.15, 0.2) is 82.7 Å².